The Balaban J connectivity index is 1.74. The van der Waals surface area contributed by atoms with E-state index in [0.717, 1.165) is 12.8 Å². The highest BCUT2D eigenvalue weighted by atomic mass is 35.5. The Labute approximate surface area is 212 Å². The summed E-state index contributed by atoms with van der Waals surface area (Å²) in [6.07, 6.45) is 1.89. The fourth-order valence-electron chi connectivity index (χ4n) is 4.05. The van der Waals surface area contributed by atoms with E-state index >= 15 is 0 Å². The molecule has 0 aromatic heterocycles. The smallest absolute Gasteiger partial charge is 0.256 e. The van der Waals surface area contributed by atoms with Gasteiger partial charge >= 0.3 is 0 Å². The Morgan fingerprint density at radius 1 is 1.09 bits per heavy atom. The van der Waals surface area contributed by atoms with Crippen molar-refractivity contribution < 1.29 is 14.4 Å². The third kappa shape index (κ3) is 7.19. The fourth-order valence-corrected chi connectivity index (χ4v) is 4.29. The number of nitrogens with zero attached hydrogens (tertiary/aromatic N) is 3. The van der Waals surface area contributed by atoms with Crippen molar-refractivity contribution in [2.75, 3.05) is 31.6 Å². The standard InChI is InChI=1S/C26H34ClN5O3/c1-18(2)7-6-12-29-24(33)16-31(23-13-19(26(28)35)10-11-22(23)27)17-25(34)30(3)32-14-20-8-4-5-9-21(20)15-32/h4-5,8-11,13,18H,6-7,12,14-17H2,1-3H3,(H2,28,35)(H,29,33). The first-order valence-corrected chi connectivity index (χ1v) is 12.2. The number of hydrazine groups is 1. The van der Waals surface area contributed by atoms with Gasteiger partial charge in [-0.1, -0.05) is 49.7 Å². The molecule has 0 atom stereocenters. The van der Waals surface area contributed by atoms with E-state index in [0.29, 0.717) is 36.3 Å². The number of amides is 3. The predicted molar refractivity (Wildman–Crippen MR) is 138 cm³/mol. The van der Waals surface area contributed by atoms with Crippen molar-refractivity contribution in [3.05, 3.63) is 64.2 Å². The van der Waals surface area contributed by atoms with Crippen LogP contribution in [0.2, 0.25) is 5.02 Å². The molecule has 0 unspecified atom stereocenters. The Kier molecular flexibility index (Phi) is 9.12. The van der Waals surface area contributed by atoms with Crippen molar-refractivity contribution in [2.24, 2.45) is 11.7 Å². The second-order valence-electron chi connectivity index (χ2n) is 9.28. The molecule has 0 fully saturated rings. The number of hydrogen-bond acceptors (Lipinski definition) is 5. The van der Waals surface area contributed by atoms with E-state index in [1.54, 1.807) is 23.0 Å². The number of hydrogen-bond donors (Lipinski definition) is 2. The van der Waals surface area contributed by atoms with Crippen molar-refractivity contribution >= 4 is 35.0 Å². The molecule has 0 aliphatic carbocycles. The molecule has 188 valence electrons. The predicted octanol–water partition coefficient (Wildman–Crippen LogP) is 3.19. The molecule has 3 rings (SSSR count). The zero-order valence-corrected chi connectivity index (χ0v) is 21.3. The van der Waals surface area contributed by atoms with Gasteiger partial charge in [0.2, 0.25) is 11.8 Å². The van der Waals surface area contributed by atoms with Crippen molar-refractivity contribution in [3.8, 4) is 0 Å². The number of nitrogens with one attached hydrogen (secondary N) is 1. The Hall–Kier alpha value is -3.10. The summed E-state index contributed by atoms with van der Waals surface area (Å²) in [7, 11) is 1.72. The second-order valence-corrected chi connectivity index (χ2v) is 9.69. The Bertz CT molecular complexity index is 1050. The third-order valence-electron chi connectivity index (χ3n) is 6.12. The molecule has 2 aromatic carbocycles. The Morgan fingerprint density at radius 3 is 2.34 bits per heavy atom. The molecular weight excluding hydrogens is 466 g/mol. The van der Waals surface area contributed by atoms with Gasteiger partial charge in [0, 0.05) is 32.2 Å². The van der Waals surface area contributed by atoms with Crippen LogP contribution < -0.4 is 16.0 Å². The van der Waals surface area contributed by atoms with E-state index in [4.69, 9.17) is 17.3 Å². The zero-order valence-electron chi connectivity index (χ0n) is 20.6. The number of rotatable bonds is 11. The molecular formula is C26H34ClN5O3. The molecule has 0 spiro atoms. The van der Waals surface area contributed by atoms with Gasteiger partial charge in [-0.25, -0.2) is 5.01 Å². The van der Waals surface area contributed by atoms with Crippen LogP contribution in [-0.2, 0) is 22.7 Å². The molecule has 1 aliphatic rings. The topological polar surface area (TPSA) is 99.0 Å². The number of benzene rings is 2. The second kappa shape index (κ2) is 12.0. The van der Waals surface area contributed by atoms with Crippen molar-refractivity contribution in [2.45, 2.75) is 39.8 Å². The summed E-state index contributed by atoms with van der Waals surface area (Å²) in [6, 6.07) is 12.7. The molecule has 35 heavy (non-hydrogen) atoms. The summed E-state index contributed by atoms with van der Waals surface area (Å²) in [6.45, 7) is 5.92. The van der Waals surface area contributed by atoms with Gasteiger partial charge in [-0.15, -0.1) is 0 Å². The normalized spacial score (nSPS) is 12.9. The van der Waals surface area contributed by atoms with Gasteiger partial charge < -0.3 is 16.0 Å². The van der Waals surface area contributed by atoms with E-state index in [1.807, 2.05) is 17.1 Å². The number of anilines is 1. The molecule has 3 amide bonds. The lowest BCUT2D eigenvalue weighted by atomic mass is 10.1. The van der Waals surface area contributed by atoms with Crippen LogP contribution in [-0.4, -0.2) is 54.4 Å². The molecule has 1 aliphatic heterocycles. The van der Waals surface area contributed by atoms with Crippen LogP contribution in [0.5, 0.6) is 0 Å². The molecule has 2 aromatic rings. The summed E-state index contributed by atoms with van der Waals surface area (Å²) >= 11 is 6.43. The number of carbonyl (C=O) groups excluding carboxylic acids is 3. The van der Waals surface area contributed by atoms with E-state index in [1.165, 1.54) is 23.3 Å². The lowest BCUT2D eigenvalue weighted by molar-refractivity contribution is -0.145. The molecule has 0 bridgehead atoms. The number of fused-ring (bicyclic) bond motifs is 1. The number of likely N-dealkylation sites (N-methyl/N-ethyl adjacent to an activating group) is 1. The molecule has 1 heterocycles. The number of halogens is 1. The van der Waals surface area contributed by atoms with Gasteiger partial charge in [0.25, 0.3) is 5.91 Å². The molecule has 8 nitrogen and oxygen atoms in total. The lowest BCUT2D eigenvalue weighted by Crippen LogP contribution is -2.48. The summed E-state index contributed by atoms with van der Waals surface area (Å²) in [4.78, 5) is 39.4. The average Bonchev–Trinajstić information content (AvgIpc) is 3.25. The minimum atomic E-state index is -0.612. The molecule has 0 saturated carbocycles. The van der Waals surface area contributed by atoms with Crippen LogP contribution in [0.3, 0.4) is 0 Å². The van der Waals surface area contributed by atoms with Gasteiger partial charge in [-0.05, 0) is 48.1 Å². The average molecular weight is 500 g/mol. The van der Waals surface area contributed by atoms with Crippen LogP contribution in [0, 0.1) is 5.92 Å². The molecule has 3 N–H and O–H groups in total. The van der Waals surface area contributed by atoms with Crippen LogP contribution in [0.1, 0.15) is 48.2 Å². The van der Waals surface area contributed by atoms with Gasteiger partial charge in [-0.2, -0.15) is 0 Å². The van der Waals surface area contributed by atoms with Gasteiger partial charge in [0.1, 0.15) is 0 Å². The van der Waals surface area contributed by atoms with Gasteiger partial charge in [-0.3, -0.25) is 19.4 Å². The van der Waals surface area contributed by atoms with Crippen LogP contribution in [0.4, 0.5) is 5.69 Å². The van der Waals surface area contributed by atoms with Crippen LogP contribution >= 0.6 is 11.6 Å². The first kappa shape index (κ1) is 26.5. The minimum absolute atomic E-state index is 0.0799. The maximum atomic E-state index is 13.3. The maximum absolute atomic E-state index is 13.3. The largest absolute Gasteiger partial charge is 0.366 e. The van der Waals surface area contributed by atoms with E-state index in [9.17, 15) is 14.4 Å². The first-order chi connectivity index (χ1) is 16.7. The van der Waals surface area contributed by atoms with Crippen LogP contribution in [0.15, 0.2) is 42.5 Å². The number of primary amides is 1. The summed E-state index contributed by atoms with van der Waals surface area (Å²) in [5, 5.41) is 6.78. The lowest BCUT2D eigenvalue weighted by Gasteiger charge is -2.31. The summed E-state index contributed by atoms with van der Waals surface area (Å²) in [5.74, 6) is -0.479. The first-order valence-electron chi connectivity index (χ1n) is 11.8. The monoisotopic (exact) mass is 499 g/mol. The van der Waals surface area contributed by atoms with E-state index in [-0.39, 0.29) is 30.5 Å². The maximum Gasteiger partial charge on any atom is 0.256 e. The van der Waals surface area contributed by atoms with E-state index < -0.39 is 5.91 Å². The molecule has 0 radical (unpaired) electrons. The highest BCUT2D eigenvalue weighted by Gasteiger charge is 2.27. The quantitative estimate of drug-likeness (QED) is 0.463. The SMILES string of the molecule is CC(C)CCCNC(=O)CN(CC(=O)N(C)N1Cc2ccccc2C1)c1cc(C(N)=O)ccc1Cl. The van der Waals surface area contributed by atoms with Crippen molar-refractivity contribution in [1.29, 1.82) is 0 Å². The Morgan fingerprint density at radius 2 is 1.74 bits per heavy atom. The summed E-state index contributed by atoms with van der Waals surface area (Å²) < 4.78 is 0. The zero-order chi connectivity index (χ0) is 25.5. The fraction of sp³-hybridized carbons (Fsp3) is 0.423. The van der Waals surface area contributed by atoms with Gasteiger partial charge in [0.15, 0.2) is 0 Å². The number of nitrogens with two attached hydrogens (primary N) is 1. The highest BCUT2D eigenvalue weighted by Crippen LogP contribution is 2.28. The van der Waals surface area contributed by atoms with Crippen molar-refractivity contribution in [1.82, 2.24) is 15.3 Å². The molecule has 9 heteroatoms. The highest BCUT2D eigenvalue weighted by molar-refractivity contribution is 6.33. The van der Waals surface area contributed by atoms with E-state index in [2.05, 4.69) is 31.3 Å². The van der Waals surface area contributed by atoms with Crippen molar-refractivity contribution in [3.63, 3.8) is 0 Å². The van der Waals surface area contributed by atoms with Crippen LogP contribution in [0.25, 0.3) is 0 Å². The van der Waals surface area contributed by atoms with Gasteiger partial charge in [0.05, 0.1) is 23.8 Å². The minimum Gasteiger partial charge on any atom is -0.366 e. The molecule has 0 saturated heterocycles. The number of carbonyl (C=O) groups is 3. The third-order valence-corrected chi connectivity index (χ3v) is 6.44. The summed E-state index contributed by atoms with van der Waals surface area (Å²) in [5.41, 5.74) is 8.48.